The number of hydrogen-bond acceptors (Lipinski definition) is 2. The lowest BCUT2D eigenvalue weighted by Crippen LogP contribution is -2.50. The molecule has 2 heteroatoms. The third kappa shape index (κ3) is 2.21. The van der Waals surface area contributed by atoms with Crippen molar-refractivity contribution in [2.24, 2.45) is 0 Å². The molecule has 2 unspecified atom stereocenters. The predicted molar refractivity (Wildman–Crippen MR) is 61.8 cm³/mol. The van der Waals surface area contributed by atoms with E-state index in [-0.39, 0.29) is 5.60 Å². The van der Waals surface area contributed by atoms with Gasteiger partial charge in [0.25, 0.3) is 0 Å². The second kappa shape index (κ2) is 4.33. The van der Waals surface area contributed by atoms with E-state index in [0.717, 1.165) is 19.5 Å². The molecule has 82 valence electrons. The first-order valence-corrected chi connectivity index (χ1v) is 5.68. The lowest BCUT2D eigenvalue weighted by atomic mass is 9.93. The van der Waals surface area contributed by atoms with Gasteiger partial charge in [0, 0.05) is 13.1 Å². The molecule has 0 aliphatic carbocycles. The van der Waals surface area contributed by atoms with Crippen LogP contribution in [0.5, 0.6) is 0 Å². The Kier molecular flexibility index (Phi) is 3.08. The molecule has 0 bridgehead atoms. The van der Waals surface area contributed by atoms with Gasteiger partial charge in [0.05, 0.1) is 6.10 Å². The number of nitrogens with one attached hydrogen (secondary N) is 1. The molecular weight excluding hydrogens is 186 g/mol. The van der Waals surface area contributed by atoms with E-state index in [2.05, 4.69) is 43.4 Å². The van der Waals surface area contributed by atoms with Gasteiger partial charge in [-0.3, -0.25) is 0 Å². The normalized spacial score (nSPS) is 31.5. The number of benzene rings is 1. The highest BCUT2D eigenvalue weighted by atomic mass is 16.5. The first kappa shape index (κ1) is 10.7. The van der Waals surface area contributed by atoms with Crippen LogP contribution in [0.3, 0.4) is 0 Å². The fourth-order valence-electron chi connectivity index (χ4n) is 2.11. The molecule has 0 radical (unpaired) electrons. The summed E-state index contributed by atoms with van der Waals surface area (Å²) in [4.78, 5) is 0. The van der Waals surface area contributed by atoms with Crippen LogP contribution >= 0.6 is 0 Å². The Balaban J connectivity index is 2.19. The summed E-state index contributed by atoms with van der Waals surface area (Å²) in [6.07, 6.45) is 1.40. The van der Waals surface area contributed by atoms with Crippen molar-refractivity contribution in [2.45, 2.75) is 32.0 Å². The van der Waals surface area contributed by atoms with Gasteiger partial charge in [-0.05, 0) is 18.9 Å². The van der Waals surface area contributed by atoms with Crippen LogP contribution in [0, 0.1) is 0 Å². The van der Waals surface area contributed by atoms with Gasteiger partial charge in [0.1, 0.15) is 5.60 Å². The minimum atomic E-state index is -0.166. The van der Waals surface area contributed by atoms with Crippen LogP contribution in [0.25, 0.3) is 0 Å². The minimum absolute atomic E-state index is 0.166. The quantitative estimate of drug-likeness (QED) is 0.800. The molecule has 2 rings (SSSR count). The fraction of sp³-hybridized carbons (Fsp3) is 0.538. The average molecular weight is 205 g/mol. The topological polar surface area (TPSA) is 21.3 Å². The van der Waals surface area contributed by atoms with Gasteiger partial charge < -0.3 is 10.1 Å². The first-order valence-electron chi connectivity index (χ1n) is 5.68. The van der Waals surface area contributed by atoms with Crippen molar-refractivity contribution >= 4 is 0 Å². The van der Waals surface area contributed by atoms with Crippen LogP contribution in [-0.4, -0.2) is 19.2 Å². The molecule has 1 aromatic rings. The molecule has 15 heavy (non-hydrogen) atoms. The average Bonchev–Trinajstić information content (AvgIpc) is 2.30. The van der Waals surface area contributed by atoms with Crippen LogP contribution in [0.4, 0.5) is 0 Å². The molecule has 0 aromatic heterocycles. The Hall–Kier alpha value is -0.860. The Morgan fingerprint density at radius 2 is 2.13 bits per heavy atom. The number of morpholine rings is 1. The predicted octanol–water partition coefficient (Wildman–Crippen LogP) is 2.30. The Morgan fingerprint density at radius 1 is 1.40 bits per heavy atom. The SMILES string of the molecule is CCC1CNCC(C)(c2ccccc2)O1. The molecule has 1 aliphatic rings. The first-order chi connectivity index (χ1) is 7.24. The van der Waals surface area contributed by atoms with E-state index < -0.39 is 0 Å². The fourth-order valence-corrected chi connectivity index (χ4v) is 2.11. The minimum Gasteiger partial charge on any atom is -0.365 e. The van der Waals surface area contributed by atoms with E-state index >= 15 is 0 Å². The van der Waals surface area contributed by atoms with E-state index in [4.69, 9.17) is 4.74 Å². The number of ether oxygens (including phenoxy) is 1. The summed E-state index contributed by atoms with van der Waals surface area (Å²) in [5.41, 5.74) is 1.09. The Labute approximate surface area is 91.6 Å². The third-order valence-electron chi connectivity index (χ3n) is 3.10. The standard InChI is InChI=1S/C13H19NO/c1-3-12-9-14-10-13(2,15-12)11-7-5-4-6-8-11/h4-8,12,14H,3,9-10H2,1-2H3. The van der Waals surface area contributed by atoms with Gasteiger partial charge in [0.15, 0.2) is 0 Å². The lowest BCUT2D eigenvalue weighted by molar-refractivity contribution is -0.111. The highest BCUT2D eigenvalue weighted by Crippen LogP contribution is 2.29. The molecule has 2 nitrogen and oxygen atoms in total. The Bertz CT molecular complexity index is 312. The van der Waals surface area contributed by atoms with Crippen molar-refractivity contribution in [1.29, 1.82) is 0 Å². The molecule has 1 aromatic carbocycles. The highest BCUT2D eigenvalue weighted by molar-refractivity contribution is 5.22. The van der Waals surface area contributed by atoms with Crippen molar-refractivity contribution < 1.29 is 4.74 Å². The molecule has 1 saturated heterocycles. The maximum atomic E-state index is 6.15. The van der Waals surface area contributed by atoms with Crippen molar-refractivity contribution in [3.05, 3.63) is 35.9 Å². The maximum absolute atomic E-state index is 6.15. The zero-order valence-corrected chi connectivity index (χ0v) is 9.49. The van der Waals surface area contributed by atoms with Crippen LogP contribution in [-0.2, 0) is 10.3 Å². The van der Waals surface area contributed by atoms with E-state index in [0.29, 0.717) is 6.10 Å². The van der Waals surface area contributed by atoms with Crippen molar-refractivity contribution in [2.75, 3.05) is 13.1 Å². The van der Waals surface area contributed by atoms with Gasteiger partial charge in [-0.25, -0.2) is 0 Å². The van der Waals surface area contributed by atoms with Crippen molar-refractivity contribution in [1.82, 2.24) is 5.32 Å². The van der Waals surface area contributed by atoms with Gasteiger partial charge in [-0.1, -0.05) is 37.3 Å². The molecule has 1 N–H and O–H groups in total. The summed E-state index contributed by atoms with van der Waals surface area (Å²) in [6.45, 7) is 6.20. The molecular formula is C13H19NO. The third-order valence-corrected chi connectivity index (χ3v) is 3.10. The molecule has 1 aliphatic heterocycles. The van der Waals surface area contributed by atoms with Crippen molar-refractivity contribution in [3.8, 4) is 0 Å². The lowest BCUT2D eigenvalue weighted by Gasteiger charge is -2.39. The summed E-state index contributed by atoms with van der Waals surface area (Å²) in [5, 5.41) is 3.45. The summed E-state index contributed by atoms with van der Waals surface area (Å²) in [7, 11) is 0. The van der Waals surface area contributed by atoms with Gasteiger partial charge in [-0.2, -0.15) is 0 Å². The molecule has 1 fully saturated rings. The zero-order chi connectivity index (χ0) is 10.7. The Morgan fingerprint density at radius 3 is 2.80 bits per heavy atom. The second-order valence-electron chi connectivity index (χ2n) is 4.38. The smallest absolute Gasteiger partial charge is 0.103 e. The molecule has 0 saturated carbocycles. The van der Waals surface area contributed by atoms with Crippen molar-refractivity contribution in [3.63, 3.8) is 0 Å². The van der Waals surface area contributed by atoms with Crippen LogP contribution < -0.4 is 5.32 Å². The molecule has 0 amide bonds. The van der Waals surface area contributed by atoms with Gasteiger partial charge in [-0.15, -0.1) is 0 Å². The number of rotatable bonds is 2. The molecule has 2 atom stereocenters. The second-order valence-corrected chi connectivity index (χ2v) is 4.38. The molecule has 1 heterocycles. The summed E-state index contributed by atoms with van der Waals surface area (Å²) in [5.74, 6) is 0. The van der Waals surface area contributed by atoms with E-state index in [9.17, 15) is 0 Å². The summed E-state index contributed by atoms with van der Waals surface area (Å²) >= 11 is 0. The van der Waals surface area contributed by atoms with Gasteiger partial charge in [0.2, 0.25) is 0 Å². The number of hydrogen-bond donors (Lipinski definition) is 1. The zero-order valence-electron chi connectivity index (χ0n) is 9.49. The van der Waals surface area contributed by atoms with E-state index in [1.165, 1.54) is 5.56 Å². The highest BCUT2D eigenvalue weighted by Gasteiger charge is 2.33. The largest absolute Gasteiger partial charge is 0.365 e. The monoisotopic (exact) mass is 205 g/mol. The summed E-state index contributed by atoms with van der Waals surface area (Å²) in [6, 6.07) is 10.5. The van der Waals surface area contributed by atoms with E-state index in [1.807, 2.05) is 6.07 Å². The van der Waals surface area contributed by atoms with Gasteiger partial charge >= 0.3 is 0 Å². The van der Waals surface area contributed by atoms with Crippen LogP contribution in [0.1, 0.15) is 25.8 Å². The van der Waals surface area contributed by atoms with Crippen LogP contribution in [0.15, 0.2) is 30.3 Å². The molecule has 0 spiro atoms. The van der Waals surface area contributed by atoms with Crippen LogP contribution in [0.2, 0.25) is 0 Å². The summed E-state index contributed by atoms with van der Waals surface area (Å²) < 4.78 is 6.15. The maximum Gasteiger partial charge on any atom is 0.103 e. The van der Waals surface area contributed by atoms with E-state index in [1.54, 1.807) is 0 Å².